The van der Waals surface area contributed by atoms with Gasteiger partial charge in [0.15, 0.2) is 0 Å². The summed E-state index contributed by atoms with van der Waals surface area (Å²) in [7, 11) is 0. The number of benzene rings is 2. The van der Waals surface area contributed by atoms with Crippen LogP contribution in [0.5, 0.6) is 0 Å². The van der Waals surface area contributed by atoms with Crippen molar-refractivity contribution in [2.24, 2.45) is 5.92 Å². The molecular formula is C41H60N2. The molecule has 2 aliphatic carbocycles. The van der Waals surface area contributed by atoms with E-state index in [0.717, 1.165) is 25.1 Å². The number of fused-ring (bicyclic) bond motifs is 2. The minimum absolute atomic E-state index is 0.536. The lowest BCUT2D eigenvalue weighted by Gasteiger charge is -2.29. The third-order valence-corrected chi connectivity index (χ3v) is 9.25. The van der Waals surface area contributed by atoms with Crippen molar-refractivity contribution >= 4 is 29.0 Å². The van der Waals surface area contributed by atoms with E-state index in [4.69, 9.17) is 0 Å². The molecule has 2 aromatic rings. The molecule has 43 heavy (non-hydrogen) atoms. The smallest absolute Gasteiger partial charge is 0.0425 e. The number of hydrogen-bond acceptors (Lipinski definition) is 2. The van der Waals surface area contributed by atoms with Gasteiger partial charge < -0.3 is 10.6 Å². The maximum absolute atomic E-state index is 4.57. The van der Waals surface area contributed by atoms with E-state index in [2.05, 4.69) is 86.2 Å². The molecular weight excluding hydrogens is 520 g/mol. The molecule has 2 nitrogen and oxygen atoms in total. The van der Waals surface area contributed by atoms with E-state index in [1.54, 1.807) is 0 Å². The molecule has 2 fully saturated rings. The summed E-state index contributed by atoms with van der Waals surface area (Å²) in [4.78, 5) is 0. The van der Waals surface area contributed by atoms with Crippen molar-refractivity contribution in [3.05, 3.63) is 88.6 Å². The minimum atomic E-state index is 0.536. The van der Waals surface area contributed by atoms with Gasteiger partial charge in [-0.1, -0.05) is 130 Å². The van der Waals surface area contributed by atoms with Crippen molar-refractivity contribution in [3.8, 4) is 0 Å². The van der Waals surface area contributed by atoms with Gasteiger partial charge in [-0.15, -0.1) is 0 Å². The molecule has 3 aliphatic rings. The average Bonchev–Trinajstić information content (AvgIpc) is 3.08. The van der Waals surface area contributed by atoms with Gasteiger partial charge in [0.05, 0.1) is 0 Å². The highest BCUT2D eigenvalue weighted by Gasteiger charge is 2.23. The summed E-state index contributed by atoms with van der Waals surface area (Å²) >= 11 is 0. The lowest BCUT2D eigenvalue weighted by molar-refractivity contribution is 0.398. The summed E-state index contributed by atoms with van der Waals surface area (Å²) in [5.74, 6) is 0.601. The van der Waals surface area contributed by atoms with Crippen LogP contribution in [0, 0.1) is 5.92 Å². The Morgan fingerprint density at radius 3 is 2.12 bits per heavy atom. The second-order valence-corrected chi connectivity index (χ2v) is 11.9. The average molecular weight is 581 g/mol. The van der Waals surface area contributed by atoms with E-state index in [0.29, 0.717) is 12.0 Å². The van der Waals surface area contributed by atoms with Crippen LogP contribution in [0.25, 0.3) is 23.3 Å². The predicted octanol–water partition coefficient (Wildman–Crippen LogP) is 12.1. The van der Waals surface area contributed by atoms with E-state index in [9.17, 15) is 0 Å². The molecule has 1 heterocycles. The summed E-state index contributed by atoms with van der Waals surface area (Å²) in [6, 6.07) is 14.6. The van der Waals surface area contributed by atoms with Crippen LogP contribution in [-0.2, 0) is 6.42 Å². The summed E-state index contributed by atoms with van der Waals surface area (Å²) in [6.45, 7) is 22.1. The number of aryl methyl sites for hydroxylation is 1. The van der Waals surface area contributed by atoms with Gasteiger partial charge in [-0.05, 0) is 95.6 Å². The molecule has 0 amide bonds. The molecule has 1 aliphatic heterocycles. The van der Waals surface area contributed by atoms with Crippen molar-refractivity contribution in [1.29, 1.82) is 0 Å². The van der Waals surface area contributed by atoms with E-state index in [1.165, 1.54) is 114 Å². The molecule has 0 spiro atoms. The van der Waals surface area contributed by atoms with Crippen LogP contribution in [0.1, 0.15) is 140 Å². The van der Waals surface area contributed by atoms with Gasteiger partial charge in [-0.2, -0.15) is 0 Å². The van der Waals surface area contributed by atoms with Crippen LogP contribution in [-0.4, -0.2) is 12.6 Å². The molecule has 2 aromatic carbocycles. The summed E-state index contributed by atoms with van der Waals surface area (Å²) < 4.78 is 0. The second-order valence-electron chi connectivity index (χ2n) is 11.9. The molecule has 0 unspecified atom stereocenters. The maximum atomic E-state index is 4.57. The van der Waals surface area contributed by atoms with E-state index in [1.807, 2.05) is 27.7 Å². The highest BCUT2D eigenvalue weighted by Crippen LogP contribution is 2.41. The SMILES string of the molecule is C=C(NC1CCCCC1)/C1=C/c2cc(CC)ccc2/C=C(\C2CCCCC2)c2ccc(C(=C)CC)cc2NC1.CC.CC. The van der Waals surface area contributed by atoms with Crippen LogP contribution in [0.4, 0.5) is 5.69 Å². The van der Waals surface area contributed by atoms with Crippen LogP contribution in [0.15, 0.2) is 60.8 Å². The highest BCUT2D eigenvalue weighted by molar-refractivity contribution is 5.91. The fourth-order valence-corrected chi connectivity index (χ4v) is 6.67. The molecule has 0 atom stereocenters. The Hall–Kier alpha value is -3.00. The topological polar surface area (TPSA) is 24.1 Å². The summed E-state index contributed by atoms with van der Waals surface area (Å²) in [6.07, 6.45) is 20.0. The first kappa shape index (κ1) is 34.5. The van der Waals surface area contributed by atoms with Crippen LogP contribution in [0.3, 0.4) is 0 Å². The highest BCUT2D eigenvalue weighted by atomic mass is 14.9. The van der Waals surface area contributed by atoms with Crippen LogP contribution < -0.4 is 10.6 Å². The number of allylic oxidation sites excluding steroid dienone is 2. The molecule has 2 N–H and O–H groups in total. The number of hydrogen-bond donors (Lipinski definition) is 2. The Morgan fingerprint density at radius 2 is 1.47 bits per heavy atom. The Bertz CT molecular complexity index is 1250. The first-order valence-electron chi connectivity index (χ1n) is 17.6. The third-order valence-electron chi connectivity index (χ3n) is 9.25. The first-order valence-corrected chi connectivity index (χ1v) is 17.6. The van der Waals surface area contributed by atoms with Gasteiger partial charge in [-0.25, -0.2) is 0 Å². The maximum Gasteiger partial charge on any atom is 0.0425 e. The number of nitrogens with one attached hydrogen (secondary N) is 2. The third kappa shape index (κ3) is 9.24. The lowest BCUT2D eigenvalue weighted by atomic mass is 9.79. The Labute approximate surface area is 264 Å². The van der Waals surface area contributed by atoms with Crippen molar-refractivity contribution < 1.29 is 0 Å². The molecule has 5 rings (SSSR count). The standard InChI is InChI=1S/C37H48N2.2C2H6/c1-5-26(3)30-19-20-35-36(29-13-9-7-10-14-29)23-31-18-17-28(6-2)21-32(31)22-33(25-38-37(35)24-30)27(4)39-34-15-11-8-12-16-34;2*1-2/h17-24,29,34,38-39H,3-16,25H2,1-2H3;2*1-2H3/b33-22+,36-23+;;. The van der Waals surface area contributed by atoms with Gasteiger partial charge >= 0.3 is 0 Å². The normalized spacial score (nSPS) is 19.6. The van der Waals surface area contributed by atoms with Gasteiger partial charge in [0.2, 0.25) is 0 Å². The molecule has 0 radical (unpaired) electrons. The van der Waals surface area contributed by atoms with Crippen molar-refractivity contribution in [3.63, 3.8) is 0 Å². The molecule has 0 saturated heterocycles. The molecule has 2 heteroatoms. The quantitative estimate of drug-likeness (QED) is 0.340. The zero-order valence-electron chi connectivity index (χ0n) is 28.4. The molecule has 0 aromatic heterocycles. The van der Waals surface area contributed by atoms with Gasteiger partial charge in [0.25, 0.3) is 0 Å². The largest absolute Gasteiger partial charge is 0.383 e. The van der Waals surface area contributed by atoms with Gasteiger partial charge in [-0.3, -0.25) is 0 Å². The molecule has 2 saturated carbocycles. The van der Waals surface area contributed by atoms with Gasteiger partial charge in [0, 0.05) is 29.5 Å². The van der Waals surface area contributed by atoms with E-state index < -0.39 is 0 Å². The van der Waals surface area contributed by atoms with Crippen molar-refractivity contribution in [2.45, 2.75) is 125 Å². The van der Waals surface area contributed by atoms with Crippen molar-refractivity contribution in [1.82, 2.24) is 5.32 Å². The summed E-state index contributed by atoms with van der Waals surface area (Å²) in [5.41, 5.74) is 12.8. The van der Waals surface area contributed by atoms with E-state index >= 15 is 0 Å². The zero-order chi connectivity index (χ0) is 31.2. The van der Waals surface area contributed by atoms with Crippen LogP contribution in [0.2, 0.25) is 0 Å². The van der Waals surface area contributed by atoms with Crippen molar-refractivity contribution in [2.75, 3.05) is 11.9 Å². The Kier molecular flexibility index (Phi) is 14.4. The monoisotopic (exact) mass is 580 g/mol. The number of anilines is 1. The van der Waals surface area contributed by atoms with E-state index in [-0.39, 0.29) is 0 Å². The number of rotatable bonds is 7. The lowest BCUT2D eigenvalue weighted by Crippen LogP contribution is -2.31. The Balaban J connectivity index is 0.00000121. The Morgan fingerprint density at radius 1 is 0.791 bits per heavy atom. The predicted molar refractivity (Wildman–Crippen MR) is 194 cm³/mol. The molecule has 234 valence electrons. The zero-order valence-corrected chi connectivity index (χ0v) is 28.4. The second kappa shape index (κ2) is 18.0. The fraction of sp³-hybridized carbons (Fsp3) is 0.512. The minimum Gasteiger partial charge on any atom is -0.383 e. The summed E-state index contributed by atoms with van der Waals surface area (Å²) in [5, 5.41) is 7.72. The van der Waals surface area contributed by atoms with Crippen LogP contribution >= 0.6 is 0 Å². The molecule has 0 bridgehead atoms. The van der Waals surface area contributed by atoms with Gasteiger partial charge in [0.1, 0.15) is 0 Å². The fourth-order valence-electron chi connectivity index (χ4n) is 6.67. The first-order chi connectivity index (χ1) is 21.1.